The van der Waals surface area contributed by atoms with Gasteiger partial charge in [-0.2, -0.15) is 0 Å². The average molecular weight is 317 g/mol. The van der Waals surface area contributed by atoms with Crippen LogP contribution in [0.5, 0.6) is 0 Å². The number of hydrogen-bond donors (Lipinski definition) is 3. The van der Waals surface area contributed by atoms with Crippen molar-refractivity contribution in [2.75, 3.05) is 0 Å². The van der Waals surface area contributed by atoms with Crippen LogP contribution in [0.25, 0.3) is 0 Å². The summed E-state index contributed by atoms with van der Waals surface area (Å²) >= 11 is 5.63. The van der Waals surface area contributed by atoms with Gasteiger partial charge >= 0.3 is 12.0 Å². The molecule has 2 amide bonds. The number of benzene rings is 1. The predicted octanol–water partition coefficient (Wildman–Crippen LogP) is 2.78. The van der Waals surface area contributed by atoms with Crippen LogP contribution in [0.4, 0.5) is 9.18 Å². The van der Waals surface area contributed by atoms with E-state index >= 15 is 0 Å². The van der Waals surface area contributed by atoms with E-state index in [4.69, 9.17) is 16.7 Å². The first-order chi connectivity index (χ1) is 9.61. The number of hydrogen-bond acceptors (Lipinski definition) is 2. The van der Waals surface area contributed by atoms with Crippen LogP contribution >= 0.6 is 11.6 Å². The number of aliphatic carboxylic acids is 1. The minimum atomic E-state index is -1.11. The highest BCUT2D eigenvalue weighted by Crippen LogP contribution is 2.19. The van der Waals surface area contributed by atoms with Gasteiger partial charge in [0.05, 0.1) is 5.02 Å². The minimum Gasteiger partial charge on any atom is -0.480 e. The molecule has 116 valence electrons. The summed E-state index contributed by atoms with van der Waals surface area (Å²) in [5, 5.41) is 14.0. The monoisotopic (exact) mass is 316 g/mol. The lowest BCUT2D eigenvalue weighted by Crippen LogP contribution is -2.52. The predicted molar refractivity (Wildman–Crippen MR) is 77.7 cm³/mol. The second-order valence-electron chi connectivity index (χ2n) is 5.71. The van der Waals surface area contributed by atoms with Crippen molar-refractivity contribution in [1.82, 2.24) is 10.6 Å². The lowest BCUT2D eigenvalue weighted by Gasteiger charge is -2.27. The number of amides is 2. The first kappa shape index (κ1) is 17.2. The van der Waals surface area contributed by atoms with Gasteiger partial charge in [0.1, 0.15) is 11.9 Å². The second-order valence-corrected chi connectivity index (χ2v) is 6.12. The Hall–Kier alpha value is -1.82. The van der Waals surface area contributed by atoms with E-state index in [2.05, 4.69) is 10.6 Å². The fourth-order valence-corrected chi connectivity index (χ4v) is 1.87. The zero-order chi connectivity index (χ0) is 16.2. The molecule has 0 bridgehead atoms. The maximum atomic E-state index is 13.0. The second kappa shape index (κ2) is 6.76. The van der Waals surface area contributed by atoms with Crippen molar-refractivity contribution in [3.05, 3.63) is 34.6 Å². The lowest BCUT2D eigenvalue weighted by molar-refractivity contribution is -0.141. The molecule has 0 heterocycles. The normalized spacial score (nSPS) is 12.6. The molecule has 1 aromatic carbocycles. The molecule has 1 rings (SSSR count). The Kier molecular flexibility index (Phi) is 5.54. The molecule has 0 saturated heterocycles. The molecule has 1 atom stereocenters. The van der Waals surface area contributed by atoms with E-state index in [1.807, 2.05) is 0 Å². The van der Waals surface area contributed by atoms with Gasteiger partial charge in [0.2, 0.25) is 0 Å². The zero-order valence-corrected chi connectivity index (χ0v) is 12.8. The number of carbonyl (C=O) groups is 2. The SMILES string of the molecule is CC(C)(C)[C@@H](NC(=O)NCc1ccc(F)c(Cl)c1)C(=O)O. The molecule has 0 radical (unpaired) electrons. The van der Waals surface area contributed by atoms with Gasteiger partial charge in [-0.3, -0.25) is 0 Å². The quantitative estimate of drug-likeness (QED) is 0.799. The van der Waals surface area contributed by atoms with Gasteiger partial charge in [-0.25, -0.2) is 14.0 Å². The summed E-state index contributed by atoms with van der Waals surface area (Å²) in [4.78, 5) is 22.9. The van der Waals surface area contributed by atoms with E-state index in [9.17, 15) is 14.0 Å². The number of urea groups is 1. The summed E-state index contributed by atoms with van der Waals surface area (Å²) in [5.41, 5.74) is -0.0123. The van der Waals surface area contributed by atoms with Crippen LogP contribution in [0.2, 0.25) is 5.02 Å². The van der Waals surface area contributed by atoms with E-state index in [1.165, 1.54) is 18.2 Å². The smallest absolute Gasteiger partial charge is 0.326 e. The molecule has 0 aliphatic carbocycles. The third-order valence-electron chi connectivity index (χ3n) is 2.83. The Morgan fingerprint density at radius 1 is 1.38 bits per heavy atom. The molecule has 7 heteroatoms. The third-order valence-corrected chi connectivity index (χ3v) is 3.12. The van der Waals surface area contributed by atoms with E-state index < -0.39 is 29.3 Å². The Morgan fingerprint density at radius 2 is 2.00 bits per heavy atom. The Bertz CT molecular complexity index is 544. The number of rotatable bonds is 4. The van der Waals surface area contributed by atoms with Crippen LogP contribution in [0.1, 0.15) is 26.3 Å². The van der Waals surface area contributed by atoms with E-state index in [0.29, 0.717) is 5.56 Å². The molecule has 0 aliphatic rings. The van der Waals surface area contributed by atoms with Gasteiger partial charge in [0.25, 0.3) is 0 Å². The fourth-order valence-electron chi connectivity index (χ4n) is 1.66. The van der Waals surface area contributed by atoms with Crippen LogP contribution in [0.15, 0.2) is 18.2 Å². The number of nitrogens with one attached hydrogen (secondary N) is 2. The summed E-state index contributed by atoms with van der Waals surface area (Å²) in [6.45, 7) is 5.26. The maximum absolute atomic E-state index is 13.0. The molecule has 0 saturated carbocycles. The van der Waals surface area contributed by atoms with Crippen LogP contribution in [0, 0.1) is 11.2 Å². The van der Waals surface area contributed by atoms with Gasteiger partial charge in [-0.15, -0.1) is 0 Å². The standard InChI is InChI=1S/C14H18ClFN2O3/c1-14(2,3)11(12(19)20)18-13(21)17-7-8-4-5-10(16)9(15)6-8/h4-6,11H,7H2,1-3H3,(H,19,20)(H2,17,18,21)/t11-/m0/s1. The molecule has 0 fully saturated rings. The van der Waals surface area contributed by atoms with Crippen molar-refractivity contribution < 1.29 is 19.1 Å². The number of carboxylic acid groups (broad SMARTS) is 1. The van der Waals surface area contributed by atoms with Crippen molar-refractivity contribution in [1.29, 1.82) is 0 Å². The van der Waals surface area contributed by atoms with Gasteiger partial charge in [0.15, 0.2) is 0 Å². The number of carboxylic acids is 1. The van der Waals surface area contributed by atoms with Gasteiger partial charge in [-0.05, 0) is 23.1 Å². The highest BCUT2D eigenvalue weighted by atomic mass is 35.5. The summed E-state index contributed by atoms with van der Waals surface area (Å²) in [6.07, 6.45) is 0. The molecule has 0 spiro atoms. The van der Waals surface area contributed by atoms with Crippen LogP contribution in [0.3, 0.4) is 0 Å². The van der Waals surface area contributed by atoms with Crippen LogP contribution in [-0.2, 0) is 11.3 Å². The molecule has 5 nitrogen and oxygen atoms in total. The molecule has 0 unspecified atom stereocenters. The topological polar surface area (TPSA) is 78.4 Å². The van der Waals surface area contributed by atoms with Gasteiger partial charge in [0, 0.05) is 6.54 Å². The van der Waals surface area contributed by atoms with Crippen molar-refractivity contribution in [3.63, 3.8) is 0 Å². The third kappa shape index (κ3) is 5.23. The van der Waals surface area contributed by atoms with Crippen LogP contribution < -0.4 is 10.6 Å². The molecular formula is C14H18ClFN2O3. The first-order valence-electron chi connectivity index (χ1n) is 6.32. The van der Waals surface area contributed by atoms with Crippen molar-refractivity contribution in [2.24, 2.45) is 5.41 Å². The largest absolute Gasteiger partial charge is 0.480 e. The Labute approximate surface area is 127 Å². The van der Waals surface area contributed by atoms with Crippen molar-refractivity contribution in [3.8, 4) is 0 Å². The summed E-state index contributed by atoms with van der Waals surface area (Å²) in [7, 11) is 0. The zero-order valence-electron chi connectivity index (χ0n) is 12.0. The van der Waals surface area contributed by atoms with E-state index in [1.54, 1.807) is 20.8 Å². The number of carbonyl (C=O) groups excluding carboxylic acids is 1. The highest BCUT2D eigenvalue weighted by molar-refractivity contribution is 6.30. The summed E-state index contributed by atoms with van der Waals surface area (Å²) < 4.78 is 13.0. The Balaban J connectivity index is 2.61. The van der Waals surface area contributed by atoms with Crippen LogP contribution in [-0.4, -0.2) is 23.1 Å². The van der Waals surface area contributed by atoms with E-state index in [-0.39, 0.29) is 11.6 Å². The van der Waals surface area contributed by atoms with Crippen molar-refractivity contribution in [2.45, 2.75) is 33.4 Å². The number of halogens is 2. The molecule has 3 N–H and O–H groups in total. The molecule has 1 aromatic rings. The molecule has 21 heavy (non-hydrogen) atoms. The minimum absolute atomic E-state index is 0.0344. The van der Waals surface area contributed by atoms with E-state index in [0.717, 1.165) is 0 Å². The average Bonchev–Trinajstić information content (AvgIpc) is 2.35. The lowest BCUT2D eigenvalue weighted by atomic mass is 9.87. The molecule has 0 aliphatic heterocycles. The fraction of sp³-hybridized carbons (Fsp3) is 0.429. The highest BCUT2D eigenvalue weighted by Gasteiger charge is 2.32. The van der Waals surface area contributed by atoms with Gasteiger partial charge in [-0.1, -0.05) is 38.4 Å². The summed E-state index contributed by atoms with van der Waals surface area (Å²) in [5.74, 6) is -1.65. The maximum Gasteiger partial charge on any atom is 0.326 e. The molecular weight excluding hydrogens is 299 g/mol. The van der Waals surface area contributed by atoms with Gasteiger partial charge < -0.3 is 15.7 Å². The molecule has 0 aromatic heterocycles. The summed E-state index contributed by atoms with van der Waals surface area (Å²) in [6, 6.07) is 2.45. The Morgan fingerprint density at radius 3 is 2.48 bits per heavy atom. The van der Waals surface area contributed by atoms with Crippen molar-refractivity contribution >= 4 is 23.6 Å². The first-order valence-corrected chi connectivity index (χ1v) is 6.70.